The first-order valence-corrected chi connectivity index (χ1v) is 5.37. The minimum atomic E-state index is -0.404. The molecule has 0 aliphatic heterocycles. The molecule has 0 aliphatic rings. The Kier molecular flexibility index (Phi) is 4.07. The highest BCUT2D eigenvalue weighted by molar-refractivity contribution is 9.09. The summed E-state index contributed by atoms with van der Waals surface area (Å²) in [7, 11) is 0. The van der Waals surface area contributed by atoms with E-state index < -0.39 is 5.82 Å². The molecule has 0 saturated heterocycles. The van der Waals surface area contributed by atoms with E-state index in [-0.39, 0.29) is 11.6 Å². The molecule has 0 radical (unpaired) electrons. The lowest BCUT2D eigenvalue weighted by Crippen LogP contribution is -2.12. The Morgan fingerprint density at radius 3 is 2.93 bits per heavy atom. The van der Waals surface area contributed by atoms with Crippen LogP contribution in [0.3, 0.4) is 0 Å². The van der Waals surface area contributed by atoms with Crippen LogP contribution in [0.2, 0.25) is 0 Å². The summed E-state index contributed by atoms with van der Waals surface area (Å²) >= 11 is 3.14. The Morgan fingerprint density at radius 2 is 2.29 bits per heavy atom. The van der Waals surface area contributed by atoms with Crippen LogP contribution in [-0.2, 0) is 4.79 Å². The van der Waals surface area contributed by atoms with Crippen molar-refractivity contribution in [1.29, 1.82) is 0 Å². The molecule has 4 heteroatoms. The van der Waals surface area contributed by atoms with Crippen LogP contribution in [0, 0.1) is 12.7 Å². The molecule has 1 aromatic carbocycles. The fourth-order valence-corrected chi connectivity index (χ4v) is 1.39. The molecule has 0 atom stereocenters. The first-order valence-electron chi connectivity index (χ1n) is 4.25. The van der Waals surface area contributed by atoms with Gasteiger partial charge in [0, 0.05) is 11.8 Å². The number of carbonyl (C=O) groups is 1. The third-order valence-corrected chi connectivity index (χ3v) is 2.11. The van der Waals surface area contributed by atoms with E-state index in [0.717, 1.165) is 5.56 Å². The normalized spacial score (nSPS) is 9.93. The Bertz CT molecular complexity index is 341. The molecule has 1 amide bonds. The minimum absolute atomic E-state index is 0.189. The molecule has 0 saturated carbocycles. The van der Waals surface area contributed by atoms with Crippen molar-refractivity contribution in [2.24, 2.45) is 0 Å². The monoisotopic (exact) mass is 259 g/mol. The molecule has 0 fully saturated rings. The third-order valence-electron chi connectivity index (χ3n) is 1.72. The number of nitrogens with one attached hydrogen (secondary N) is 1. The van der Waals surface area contributed by atoms with Gasteiger partial charge in [0.25, 0.3) is 0 Å². The number of carbonyl (C=O) groups excluding carboxylic acids is 1. The molecule has 1 rings (SSSR count). The van der Waals surface area contributed by atoms with Crippen LogP contribution in [0.5, 0.6) is 0 Å². The quantitative estimate of drug-likeness (QED) is 0.832. The van der Waals surface area contributed by atoms with Crippen molar-refractivity contribution in [1.82, 2.24) is 0 Å². The zero-order valence-electron chi connectivity index (χ0n) is 7.81. The van der Waals surface area contributed by atoms with E-state index in [1.807, 2.05) is 6.92 Å². The predicted molar refractivity (Wildman–Crippen MR) is 58.2 cm³/mol. The van der Waals surface area contributed by atoms with E-state index in [2.05, 4.69) is 21.2 Å². The van der Waals surface area contributed by atoms with Gasteiger partial charge in [0.2, 0.25) is 5.91 Å². The highest BCUT2D eigenvalue weighted by Gasteiger charge is 2.05. The van der Waals surface area contributed by atoms with Gasteiger partial charge in [-0.1, -0.05) is 22.0 Å². The smallest absolute Gasteiger partial charge is 0.225 e. The molecular weight excluding hydrogens is 249 g/mol. The fourth-order valence-electron chi connectivity index (χ4n) is 1.03. The molecule has 0 heterocycles. The highest BCUT2D eigenvalue weighted by Crippen LogP contribution is 2.15. The van der Waals surface area contributed by atoms with E-state index in [0.29, 0.717) is 11.8 Å². The minimum Gasteiger partial charge on any atom is -0.324 e. The van der Waals surface area contributed by atoms with Gasteiger partial charge < -0.3 is 5.32 Å². The number of alkyl halides is 1. The maximum atomic E-state index is 13.1. The molecule has 0 unspecified atom stereocenters. The number of halogens is 2. The predicted octanol–water partition coefficient (Wildman–Crippen LogP) is 2.86. The SMILES string of the molecule is Cc1ccc(F)c(NC(=O)CCBr)c1. The van der Waals surface area contributed by atoms with Gasteiger partial charge >= 0.3 is 0 Å². The van der Waals surface area contributed by atoms with Gasteiger partial charge in [0.15, 0.2) is 0 Å². The van der Waals surface area contributed by atoms with Gasteiger partial charge in [0.05, 0.1) is 5.69 Å². The summed E-state index contributed by atoms with van der Waals surface area (Å²) in [6.45, 7) is 1.85. The molecule has 1 aromatic rings. The second-order valence-electron chi connectivity index (χ2n) is 2.97. The van der Waals surface area contributed by atoms with Crippen molar-refractivity contribution in [3.8, 4) is 0 Å². The lowest BCUT2D eigenvalue weighted by molar-refractivity contribution is -0.115. The van der Waals surface area contributed by atoms with Gasteiger partial charge in [-0.25, -0.2) is 4.39 Å². The maximum Gasteiger partial charge on any atom is 0.225 e. The summed E-state index contributed by atoms with van der Waals surface area (Å²) in [6, 6.07) is 4.62. The Balaban J connectivity index is 2.75. The number of amides is 1. The molecule has 14 heavy (non-hydrogen) atoms. The van der Waals surface area contributed by atoms with E-state index in [1.165, 1.54) is 6.07 Å². The largest absolute Gasteiger partial charge is 0.324 e. The molecule has 0 aliphatic carbocycles. The average Bonchev–Trinajstić information content (AvgIpc) is 2.12. The van der Waals surface area contributed by atoms with Gasteiger partial charge in [-0.3, -0.25) is 4.79 Å². The average molecular weight is 260 g/mol. The van der Waals surface area contributed by atoms with Crippen LogP contribution in [0.1, 0.15) is 12.0 Å². The summed E-state index contributed by atoms with van der Waals surface area (Å²) in [5.41, 5.74) is 1.16. The van der Waals surface area contributed by atoms with E-state index in [9.17, 15) is 9.18 Å². The Hall–Kier alpha value is -0.900. The van der Waals surface area contributed by atoms with Gasteiger partial charge in [-0.15, -0.1) is 0 Å². The molecule has 1 N–H and O–H groups in total. The van der Waals surface area contributed by atoms with Crippen LogP contribution >= 0.6 is 15.9 Å². The van der Waals surface area contributed by atoms with Crippen LogP contribution < -0.4 is 5.32 Å². The van der Waals surface area contributed by atoms with Crippen LogP contribution in [0.25, 0.3) is 0 Å². The van der Waals surface area contributed by atoms with E-state index in [4.69, 9.17) is 0 Å². The highest BCUT2D eigenvalue weighted by atomic mass is 79.9. The van der Waals surface area contributed by atoms with Crippen LogP contribution in [0.4, 0.5) is 10.1 Å². The van der Waals surface area contributed by atoms with Crippen molar-refractivity contribution in [2.45, 2.75) is 13.3 Å². The van der Waals surface area contributed by atoms with Crippen molar-refractivity contribution in [2.75, 3.05) is 10.6 Å². The van der Waals surface area contributed by atoms with E-state index >= 15 is 0 Å². The van der Waals surface area contributed by atoms with Gasteiger partial charge in [-0.2, -0.15) is 0 Å². The maximum absolute atomic E-state index is 13.1. The molecule has 0 spiro atoms. The Labute approximate surface area is 90.6 Å². The molecule has 0 aromatic heterocycles. The second kappa shape index (κ2) is 5.10. The van der Waals surface area contributed by atoms with Crippen molar-refractivity contribution >= 4 is 27.5 Å². The van der Waals surface area contributed by atoms with Crippen molar-refractivity contribution in [3.05, 3.63) is 29.6 Å². The number of anilines is 1. The number of benzene rings is 1. The molecule has 0 bridgehead atoms. The topological polar surface area (TPSA) is 29.1 Å². The van der Waals surface area contributed by atoms with Crippen LogP contribution in [0.15, 0.2) is 18.2 Å². The zero-order chi connectivity index (χ0) is 10.6. The summed E-state index contributed by atoms with van der Waals surface area (Å²) in [4.78, 5) is 11.2. The number of aryl methyl sites for hydroxylation is 1. The van der Waals surface area contributed by atoms with E-state index in [1.54, 1.807) is 12.1 Å². The lowest BCUT2D eigenvalue weighted by Gasteiger charge is -2.05. The molecule has 76 valence electrons. The third kappa shape index (κ3) is 3.10. The molecule has 2 nitrogen and oxygen atoms in total. The van der Waals surface area contributed by atoms with Crippen molar-refractivity contribution in [3.63, 3.8) is 0 Å². The number of hydrogen-bond acceptors (Lipinski definition) is 1. The fraction of sp³-hybridized carbons (Fsp3) is 0.300. The number of hydrogen-bond donors (Lipinski definition) is 1. The first-order chi connectivity index (χ1) is 6.63. The summed E-state index contributed by atoms with van der Waals surface area (Å²) in [5, 5.41) is 3.08. The summed E-state index contributed by atoms with van der Waals surface area (Å²) < 4.78 is 13.1. The van der Waals surface area contributed by atoms with Crippen molar-refractivity contribution < 1.29 is 9.18 Å². The second-order valence-corrected chi connectivity index (χ2v) is 3.76. The molecular formula is C10H11BrFNO. The zero-order valence-corrected chi connectivity index (χ0v) is 9.40. The van der Waals surface area contributed by atoms with Gasteiger partial charge in [0.1, 0.15) is 5.82 Å². The standard InChI is InChI=1S/C10H11BrFNO/c1-7-2-3-8(12)9(6-7)13-10(14)4-5-11/h2-3,6H,4-5H2,1H3,(H,13,14). The Morgan fingerprint density at radius 1 is 1.57 bits per heavy atom. The first kappa shape index (κ1) is 11.2. The number of rotatable bonds is 3. The lowest BCUT2D eigenvalue weighted by atomic mass is 10.2. The van der Waals surface area contributed by atoms with Crippen LogP contribution in [-0.4, -0.2) is 11.2 Å². The van der Waals surface area contributed by atoms with Gasteiger partial charge in [-0.05, 0) is 24.6 Å². The summed E-state index contributed by atoms with van der Waals surface area (Å²) in [6.07, 6.45) is 0.341. The summed E-state index contributed by atoms with van der Waals surface area (Å²) in [5.74, 6) is -0.593.